The average molecular weight is 279 g/mol. The van der Waals surface area contributed by atoms with Gasteiger partial charge in [-0.05, 0) is 38.6 Å². The molecule has 0 aromatic heterocycles. The van der Waals surface area contributed by atoms with Gasteiger partial charge >= 0.3 is 0 Å². The van der Waals surface area contributed by atoms with Crippen molar-refractivity contribution in [3.05, 3.63) is 29.6 Å². The van der Waals surface area contributed by atoms with Gasteiger partial charge in [-0.1, -0.05) is 13.0 Å². The van der Waals surface area contributed by atoms with Crippen molar-refractivity contribution in [3.8, 4) is 0 Å². The third-order valence-corrected chi connectivity index (χ3v) is 3.92. The number of benzene rings is 1. The van der Waals surface area contributed by atoms with E-state index in [9.17, 15) is 9.18 Å². The Balaban J connectivity index is 2.28. The molecule has 0 spiro atoms. The van der Waals surface area contributed by atoms with Crippen LogP contribution in [0, 0.1) is 5.82 Å². The molecule has 1 aliphatic rings. The minimum Gasteiger partial charge on any atom is -0.396 e. The van der Waals surface area contributed by atoms with Crippen LogP contribution in [0.1, 0.15) is 30.1 Å². The number of carbonyl (C=O) groups is 1. The van der Waals surface area contributed by atoms with Crippen LogP contribution in [0.4, 0.5) is 10.1 Å². The lowest BCUT2D eigenvalue weighted by Crippen LogP contribution is -2.43. The Labute approximate surface area is 119 Å². The summed E-state index contributed by atoms with van der Waals surface area (Å²) in [6.07, 6.45) is 1.80. The fourth-order valence-electron chi connectivity index (χ4n) is 2.74. The van der Waals surface area contributed by atoms with Crippen LogP contribution in [-0.2, 0) is 0 Å². The van der Waals surface area contributed by atoms with Crippen LogP contribution >= 0.6 is 0 Å². The molecule has 1 atom stereocenters. The van der Waals surface area contributed by atoms with Crippen molar-refractivity contribution in [2.75, 3.05) is 32.4 Å². The van der Waals surface area contributed by atoms with E-state index >= 15 is 0 Å². The number of amides is 1. The summed E-state index contributed by atoms with van der Waals surface area (Å²) in [4.78, 5) is 16.7. The normalized spacial score (nSPS) is 20.8. The second-order valence-electron chi connectivity index (χ2n) is 5.38. The van der Waals surface area contributed by atoms with Gasteiger partial charge in [0.25, 0.3) is 5.91 Å². The van der Waals surface area contributed by atoms with Crippen molar-refractivity contribution in [3.63, 3.8) is 0 Å². The molecule has 0 bridgehead atoms. The van der Waals surface area contributed by atoms with E-state index in [2.05, 4.69) is 18.9 Å². The largest absolute Gasteiger partial charge is 0.396 e. The van der Waals surface area contributed by atoms with Crippen molar-refractivity contribution in [1.82, 2.24) is 9.80 Å². The molecule has 2 N–H and O–H groups in total. The molecule has 1 fully saturated rings. The van der Waals surface area contributed by atoms with Gasteiger partial charge in [0.05, 0.1) is 11.3 Å². The predicted octanol–water partition coefficient (Wildman–Crippen LogP) is 1.96. The smallest absolute Gasteiger partial charge is 0.256 e. The molecule has 1 aromatic rings. The summed E-state index contributed by atoms with van der Waals surface area (Å²) in [6.45, 7) is 4.58. The van der Waals surface area contributed by atoms with E-state index in [1.165, 1.54) is 12.1 Å². The molecule has 1 unspecified atom stereocenters. The number of carbonyl (C=O) groups excluding carboxylic acids is 1. The number of hydrogen-bond donors (Lipinski definition) is 1. The number of anilines is 1. The molecular weight excluding hydrogens is 257 g/mol. The lowest BCUT2D eigenvalue weighted by molar-refractivity contribution is 0.0676. The number of nitrogen functional groups attached to an aromatic ring is 1. The van der Waals surface area contributed by atoms with Gasteiger partial charge in [-0.15, -0.1) is 0 Å². The molecule has 1 aliphatic heterocycles. The van der Waals surface area contributed by atoms with Crippen molar-refractivity contribution < 1.29 is 9.18 Å². The fraction of sp³-hybridized carbons (Fsp3) is 0.533. The Morgan fingerprint density at radius 2 is 2.20 bits per heavy atom. The van der Waals surface area contributed by atoms with E-state index < -0.39 is 5.82 Å². The van der Waals surface area contributed by atoms with E-state index in [1.807, 2.05) is 4.90 Å². The van der Waals surface area contributed by atoms with Gasteiger partial charge in [-0.25, -0.2) is 4.39 Å². The van der Waals surface area contributed by atoms with Crippen LogP contribution in [0.5, 0.6) is 0 Å². The Morgan fingerprint density at radius 3 is 2.90 bits per heavy atom. The SMILES string of the molecule is CCC1CN(C)CCCN1C(=O)c1cccc(F)c1N. The van der Waals surface area contributed by atoms with Gasteiger partial charge in [0.1, 0.15) is 5.82 Å². The molecule has 1 aromatic carbocycles. The number of nitrogens with zero attached hydrogens (tertiary/aromatic N) is 2. The number of hydrogen-bond acceptors (Lipinski definition) is 3. The minimum atomic E-state index is -0.532. The number of para-hydroxylation sites is 1. The van der Waals surface area contributed by atoms with Crippen molar-refractivity contribution in [2.24, 2.45) is 0 Å². The van der Waals surface area contributed by atoms with Crippen molar-refractivity contribution in [2.45, 2.75) is 25.8 Å². The summed E-state index contributed by atoms with van der Waals surface area (Å²) in [5.74, 6) is -0.694. The average Bonchev–Trinajstić information content (AvgIpc) is 2.62. The van der Waals surface area contributed by atoms with Gasteiger partial charge in [0, 0.05) is 19.1 Å². The summed E-state index contributed by atoms with van der Waals surface area (Å²) >= 11 is 0. The highest BCUT2D eigenvalue weighted by Gasteiger charge is 2.28. The summed E-state index contributed by atoms with van der Waals surface area (Å²) in [7, 11) is 2.06. The third-order valence-electron chi connectivity index (χ3n) is 3.92. The van der Waals surface area contributed by atoms with Crippen molar-refractivity contribution in [1.29, 1.82) is 0 Å². The molecule has 1 saturated heterocycles. The second kappa shape index (κ2) is 6.22. The van der Waals surface area contributed by atoms with Gasteiger partial charge in [-0.2, -0.15) is 0 Å². The van der Waals surface area contributed by atoms with Gasteiger partial charge in [0.2, 0.25) is 0 Å². The van der Waals surface area contributed by atoms with Gasteiger partial charge in [0.15, 0.2) is 0 Å². The Morgan fingerprint density at radius 1 is 1.45 bits per heavy atom. The van der Waals surface area contributed by atoms with E-state index in [-0.39, 0.29) is 23.2 Å². The van der Waals surface area contributed by atoms with Crippen LogP contribution in [0.2, 0.25) is 0 Å². The van der Waals surface area contributed by atoms with Crippen LogP contribution < -0.4 is 5.73 Å². The summed E-state index contributed by atoms with van der Waals surface area (Å²) in [6, 6.07) is 4.56. The monoisotopic (exact) mass is 279 g/mol. The first-order chi connectivity index (χ1) is 9.54. The lowest BCUT2D eigenvalue weighted by Gasteiger charge is -2.30. The standard InChI is InChI=1S/C15H22FN3O/c1-3-11-10-18(2)8-5-9-19(11)15(20)12-6-4-7-13(16)14(12)17/h4,6-7,11H,3,5,8-10,17H2,1-2H3. The van der Waals surface area contributed by atoms with E-state index in [4.69, 9.17) is 5.73 Å². The number of likely N-dealkylation sites (N-methyl/N-ethyl adjacent to an activating group) is 1. The Kier molecular flexibility index (Phi) is 4.60. The van der Waals surface area contributed by atoms with Crippen molar-refractivity contribution >= 4 is 11.6 Å². The highest BCUT2D eigenvalue weighted by atomic mass is 19.1. The third kappa shape index (κ3) is 2.93. The molecule has 1 heterocycles. The van der Waals surface area contributed by atoms with Crippen LogP contribution in [-0.4, -0.2) is 48.4 Å². The molecule has 2 rings (SSSR count). The highest BCUT2D eigenvalue weighted by molar-refractivity contribution is 5.99. The first-order valence-electron chi connectivity index (χ1n) is 7.08. The van der Waals surface area contributed by atoms with Gasteiger partial charge in [-0.3, -0.25) is 4.79 Å². The predicted molar refractivity (Wildman–Crippen MR) is 78.0 cm³/mol. The number of halogens is 1. The number of rotatable bonds is 2. The molecule has 4 nitrogen and oxygen atoms in total. The molecule has 5 heteroatoms. The summed E-state index contributed by atoms with van der Waals surface area (Å²) in [5, 5.41) is 0. The number of nitrogens with two attached hydrogens (primary N) is 1. The Hall–Kier alpha value is -1.62. The van der Waals surface area contributed by atoms with Crippen LogP contribution in [0.15, 0.2) is 18.2 Å². The molecule has 0 radical (unpaired) electrons. The highest BCUT2D eigenvalue weighted by Crippen LogP contribution is 2.21. The lowest BCUT2D eigenvalue weighted by atomic mass is 10.1. The maximum Gasteiger partial charge on any atom is 0.256 e. The van der Waals surface area contributed by atoms with Crippen LogP contribution in [0.3, 0.4) is 0 Å². The molecule has 20 heavy (non-hydrogen) atoms. The zero-order valence-corrected chi connectivity index (χ0v) is 12.1. The first-order valence-corrected chi connectivity index (χ1v) is 7.08. The zero-order valence-electron chi connectivity index (χ0n) is 12.1. The maximum atomic E-state index is 13.5. The molecule has 0 aliphatic carbocycles. The molecule has 1 amide bonds. The summed E-state index contributed by atoms with van der Waals surface area (Å²) < 4.78 is 13.5. The van der Waals surface area contributed by atoms with Crippen LogP contribution in [0.25, 0.3) is 0 Å². The quantitative estimate of drug-likeness (QED) is 0.842. The fourth-order valence-corrected chi connectivity index (χ4v) is 2.74. The molecule has 110 valence electrons. The minimum absolute atomic E-state index is 0.0510. The summed E-state index contributed by atoms with van der Waals surface area (Å²) in [5.41, 5.74) is 5.93. The zero-order chi connectivity index (χ0) is 14.7. The molecule has 0 saturated carbocycles. The van der Waals surface area contributed by atoms with E-state index in [1.54, 1.807) is 6.07 Å². The maximum absolute atomic E-state index is 13.5. The van der Waals surface area contributed by atoms with E-state index in [0.29, 0.717) is 6.54 Å². The van der Waals surface area contributed by atoms with Gasteiger partial charge < -0.3 is 15.5 Å². The second-order valence-corrected chi connectivity index (χ2v) is 5.38. The Bertz CT molecular complexity index is 492. The topological polar surface area (TPSA) is 49.6 Å². The molecular formula is C15H22FN3O. The first kappa shape index (κ1) is 14.8. The van der Waals surface area contributed by atoms with E-state index in [0.717, 1.165) is 25.9 Å².